The molecule has 2 atom stereocenters. The van der Waals surface area contributed by atoms with E-state index in [4.69, 9.17) is 9.41 Å². The Bertz CT molecular complexity index is 601. The highest BCUT2D eigenvalue weighted by Crippen LogP contribution is 2.18. The molecule has 1 N–H and O–H groups in total. The van der Waals surface area contributed by atoms with E-state index in [1.54, 1.807) is 17.6 Å². The minimum atomic E-state index is 0. The average Bonchev–Trinajstić information content (AvgIpc) is 3.27. The van der Waals surface area contributed by atoms with Crippen LogP contribution in [0.15, 0.2) is 39.4 Å². The largest absolute Gasteiger partial charge is 0.469 e. The Morgan fingerprint density at radius 1 is 1.44 bits per heavy atom. The number of likely N-dealkylation sites (N-methyl/N-ethyl adjacent to an activating group) is 1. The van der Waals surface area contributed by atoms with Crippen LogP contribution in [0.3, 0.4) is 0 Å². The first-order valence-electron chi connectivity index (χ1n) is 8.54. The van der Waals surface area contributed by atoms with Gasteiger partial charge in [0.25, 0.3) is 0 Å². The Labute approximate surface area is 172 Å². The number of aliphatic imine (C=N–C) groups is 1. The molecule has 140 valence electrons. The van der Waals surface area contributed by atoms with Crippen molar-refractivity contribution in [2.45, 2.75) is 45.6 Å². The number of nitrogens with one attached hydrogen (secondary N) is 1. The fourth-order valence-corrected chi connectivity index (χ4v) is 3.07. The van der Waals surface area contributed by atoms with Gasteiger partial charge in [0.1, 0.15) is 5.76 Å². The molecule has 0 spiro atoms. The number of aromatic nitrogens is 1. The van der Waals surface area contributed by atoms with Crippen molar-refractivity contribution in [3.8, 4) is 0 Å². The smallest absolute Gasteiger partial charge is 0.193 e. The molecule has 0 aromatic carbocycles. The molecule has 0 saturated carbocycles. The van der Waals surface area contributed by atoms with Gasteiger partial charge in [0.15, 0.2) is 5.96 Å². The van der Waals surface area contributed by atoms with Crippen LogP contribution >= 0.6 is 35.3 Å². The molecule has 0 bridgehead atoms. The predicted molar refractivity (Wildman–Crippen MR) is 116 cm³/mol. The maximum Gasteiger partial charge on any atom is 0.193 e. The summed E-state index contributed by atoms with van der Waals surface area (Å²) in [6, 6.07) is 4.30. The number of halogens is 1. The highest BCUT2D eigenvalue weighted by atomic mass is 127. The molecule has 0 aliphatic heterocycles. The number of guanidine groups is 1. The van der Waals surface area contributed by atoms with Crippen molar-refractivity contribution >= 4 is 41.3 Å². The van der Waals surface area contributed by atoms with Crippen molar-refractivity contribution in [3.05, 3.63) is 40.7 Å². The van der Waals surface area contributed by atoms with E-state index < -0.39 is 0 Å². The zero-order chi connectivity index (χ0) is 17.4. The minimum absolute atomic E-state index is 0. The van der Waals surface area contributed by atoms with Crippen LogP contribution in [0.5, 0.6) is 0 Å². The standard InChI is InChI=1S/C18H28N4OS.HI/c1-5-15(3)21-18(20-9-8-16-7-6-11-23-16)22(4)13-14(2)17-19-10-12-24-17;/h6-7,10-12,14-15H,5,8-9,13H2,1-4H3,(H,20,21);1H. The number of rotatable bonds is 8. The fraction of sp³-hybridized carbons (Fsp3) is 0.556. The van der Waals surface area contributed by atoms with Crippen LogP contribution in [0.1, 0.15) is 43.9 Å². The molecule has 25 heavy (non-hydrogen) atoms. The maximum atomic E-state index is 5.38. The molecular formula is C18H29IN4OS. The average molecular weight is 476 g/mol. The summed E-state index contributed by atoms with van der Waals surface area (Å²) in [5, 5.41) is 6.72. The quantitative estimate of drug-likeness (QED) is 0.349. The van der Waals surface area contributed by atoms with Crippen LogP contribution in [-0.2, 0) is 6.42 Å². The first kappa shape index (κ1) is 22.0. The lowest BCUT2D eigenvalue weighted by Crippen LogP contribution is -2.44. The Morgan fingerprint density at radius 3 is 2.84 bits per heavy atom. The number of nitrogens with zero attached hydrogens (tertiary/aromatic N) is 3. The van der Waals surface area contributed by atoms with Gasteiger partial charge >= 0.3 is 0 Å². The molecule has 0 radical (unpaired) electrons. The van der Waals surface area contributed by atoms with E-state index in [-0.39, 0.29) is 24.0 Å². The molecule has 2 rings (SSSR count). The lowest BCUT2D eigenvalue weighted by Gasteiger charge is -2.27. The minimum Gasteiger partial charge on any atom is -0.469 e. The van der Waals surface area contributed by atoms with Crippen molar-refractivity contribution in [2.24, 2.45) is 4.99 Å². The fourth-order valence-electron chi connectivity index (χ4n) is 2.38. The first-order chi connectivity index (χ1) is 11.6. The SMILES string of the molecule is CCC(C)NC(=NCCc1ccco1)N(C)CC(C)c1nccs1.I. The number of hydrogen-bond donors (Lipinski definition) is 1. The van der Waals surface area contributed by atoms with Crippen LogP contribution in [0.4, 0.5) is 0 Å². The van der Waals surface area contributed by atoms with Crippen molar-refractivity contribution in [3.63, 3.8) is 0 Å². The summed E-state index contributed by atoms with van der Waals surface area (Å²) in [5.41, 5.74) is 0. The summed E-state index contributed by atoms with van der Waals surface area (Å²) >= 11 is 1.71. The van der Waals surface area contributed by atoms with Gasteiger partial charge in [-0.1, -0.05) is 13.8 Å². The van der Waals surface area contributed by atoms with E-state index in [0.717, 1.165) is 31.1 Å². The molecule has 2 aromatic heterocycles. The zero-order valence-electron chi connectivity index (χ0n) is 15.4. The summed E-state index contributed by atoms with van der Waals surface area (Å²) in [4.78, 5) is 11.4. The van der Waals surface area contributed by atoms with E-state index in [2.05, 4.69) is 43.0 Å². The van der Waals surface area contributed by atoms with Crippen LogP contribution in [-0.4, -0.2) is 42.0 Å². The molecule has 0 fully saturated rings. The van der Waals surface area contributed by atoms with Gasteiger partial charge in [0, 0.05) is 50.1 Å². The molecule has 7 heteroatoms. The van der Waals surface area contributed by atoms with Crippen LogP contribution in [0.25, 0.3) is 0 Å². The predicted octanol–water partition coefficient (Wildman–Crippen LogP) is 4.38. The van der Waals surface area contributed by atoms with Gasteiger partial charge in [-0.05, 0) is 25.5 Å². The number of hydrogen-bond acceptors (Lipinski definition) is 4. The van der Waals surface area contributed by atoms with Gasteiger partial charge in [0.05, 0.1) is 11.3 Å². The van der Waals surface area contributed by atoms with Gasteiger partial charge in [-0.3, -0.25) is 4.99 Å². The molecule has 5 nitrogen and oxygen atoms in total. The molecule has 2 aromatic rings. The second-order valence-electron chi connectivity index (χ2n) is 6.14. The van der Waals surface area contributed by atoms with E-state index in [0.29, 0.717) is 18.5 Å². The highest BCUT2D eigenvalue weighted by molar-refractivity contribution is 14.0. The Morgan fingerprint density at radius 2 is 2.24 bits per heavy atom. The Hall–Kier alpha value is -1.09. The van der Waals surface area contributed by atoms with E-state index in [1.165, 1.54) is 5.01 Å². The van der Waals surface area contributed by atoms with Gasteiger partial charge in [0.2, 0.25) is 0 Å². The third kappa shape index (κ3) is 7.35. The van der Waals surface area contributed by atoms with Gasteiger partial charge in [-0.15, -0.1) is 35.3 Å². The van der Waals surface area contributed by atoms with Gasteiger partial charge in [-0.2, -0.15) is 0 Å². The number of thiazole rings is 1. The lowest BCUT2D eigenvalue weighted by atomic mass is 10.2. The topological polar surface area (TPSA) is 53.7 Å². The van der Waals surface area contributed by atoms with Crippen molar-refractivity contribution in [2.75, 3.05) is 20.1 Å². The number of furan rings is 1. The van der Waals surface area contributed by atoms with E-state index >= 15 is 0 Å². The van der Waals surface area contributed by atoms with E-state index in [9.17, 15) is 0 Å². The summed E-state index contributed by atoms with van der Waals surface area (Å²) in [6.45, 7) is 8.16. The Balaban J connectivity index is 0.00000312. The van der Waals surface area contributed by atoms with Gasteiger partial charge < -0.3 is 14.6 Å². The molecule has 0 saturated heterocycles. The second kappa shape index (κ2) is 11.5. The molecular weight excluding hydrogens is 447 g/mol. The molecule has 2 heterocycles. The van der Waals surface area contributed by atoms with Crippen molar-refractivity contribution < 1.29 is 4.42 Å². The van der Waals surface area contributed by atoms with Crippen LogP contribution < -0.4 is 5.32 Å². The summed E-state index contributed by atoms with van der Waals surface area (Å²) in [7, 11) is 2.09. The molecule has 0 aliphatic carbocycles. The summed E-state index contributed by atoms with van der Waals surface area (Å²) < 4.78 is 5.38. The summed E-state index contributed by atoms with van der Waals surface area (Å²) in [5.74, 6) is 2.30. The van der Waals surface area contributed by atoms with E-state index in [1.807, 2.05) is 23.7 Å². The van der Waals surface area contributed by atoms with Crippen LogP contribution in [0, 0.1) is 0 Å². The maximum absolute atomic E-state index is 5.38. The first-order valence-corrected chi connectivity index (χ1v) is 9.42. The highest BCUT2D eigenvalue weighted by Gasteiger charge is 2.15. The van der Waals surface area contributed by atoms with Crippen LogP contribution in [0.2, 0.25) is 0 Å². The summed E-state index contributed by atoms with van der Waals surface area (Å²) in [6.07, 6.45) is 5.45. The molecule has 2 unspecified atom stereocenters. The van der Waals surface area contributed by atoms with Gasteiger partial charge in [-0.25, -0.2) is 4.98 Å². The third-order valence-corrected chi connectivity index (χ3v) is 4.98. The second-order valence-corrected chi connectivity index (χ2v) is 7.07. The van der Waals surface area contributed by atoms with Crippen molar-refractivity contribution in [1.82, 2.24) is 15.2 Å². The normalized spacial score (nSPS) is 13.8. The lowest BCUT2D eigenvalue weighted by molar-refractivity contribution is 0.433. The zero-order valence-corrected chi connectivity index (χ0v) is 18.6. The third-order valence-electron chi connectivity index (χ3n) is 3.97. The molecule has 0 aliphatic rings. The molecule has 0 amide bonds. The monoisotopic (exact) mass is 476 g/mol. The van der Waals surface area contributed by atoms with Crippen molar-refractivity contribution in [1.29, 1.82) is 0 Å². The Kier molecular flexibility index (Phi) is 10.1.